The van der Waals surface area contributed by atoms with Crippen molar-refractivity contribution in [2.75, 3.05) is 19.7 Å². The molecule has 82 valence electrons. The van der Waals surface area contributed by atoms with Crippen molar-refractivity contribution in [3.63, 3.8) is 0 Å². The highest BCUT2D eigenvalue weighted by atomic mass is 16.3. The van der Waals surface area contributed by atoms with Crippen molar-refractivity contribution in [3.05, 3.63) is 0 Å². The van der Waals surface area contributed by atoms with Gasteiger partial charge < -0.3 is 15.3 Å². The van der Waals surface area contributed by atoms with Crippen LogP contribution in [-0.4, -0.2) is 58.2 Å². The summed E-state index contributed by atoms with van der Waals surface area (Å²) in [4.78, 5) is 2.11. The second-order valence-corrected chi connectivity index (χ2v) is 4.66. The molecule has 2 aliphatic rings. The zero-order valence-electron chi connectivity index (χ0n) is 8.50. The first-order valence-electron chi connectivity index (χ1n) is 5.36. The molecule has 0 aromatic rings. The minimum atomic E-state index is -0.685. The van der Waals surface area contributed by atoms with Gasteiger partial charge in [-0.2, -0.15) is 0 Å². The SMILES string of the molecule is CC1CCN2CC(O)C(O)C2C1CO. The molecule has 14 heavy (non-hydrogen) atoms. The van der Waals surface area contributed by atoms with E-state index in [9.17, 15) is 15.3 Å². The smallest absolute Gasteiger partial charge is 0.0970 e. The van der Waals surface area contributed by atoms with Gasteiger partial charge in [0.1, 0.15) is 0 Å². The van der Waals surface area contributed by atoms with Crippen LogP contribution in [0.2, 0.25) is 0 Å². The van der Waals surface area contributed by atoms with Gasteiger partial charge in [0, 0.05) is 25.1 Å². The minimum Gasteiger partial charge on any atom is -0.396 e. The zero-order valence-corrected chi connectivity index (χ0v) is 8.50. The van der Waals surface area contributed by atoms with Crippen LogP contribution in [0.3, 0.4) is 0 Å². The molecule has 0 saturated carbocycles. The lowest BCUT2D eigenvalue weighted by Crippen LogP contribution is -2.50. The molecule has 0 aromatic heterocycles. The molecule has 2 saturated heterocycles. The summed E-state index contributed by atoms with van der Waals surface area (Å²) in [5.41, 5.74) is 0. The molecule has 5 unspecified atom stereocenters. The zero-order chi connectivity index (χ0) is 10.3. The van der Waals surface area contributed by atoms with Gasteiger partial charge in [0.2, 0.25) is 0 Å². The number of piperidine rings is 1. The first-order chi connectivity index (χ1) is 6.65. The number of rotatable bonds is 1. The van der Waals surface area contributed by atoms with Crippen LogP contribution >= 0.6 is 0 Å². The Labute approximate surface area is 84.2 Å². The van der Waals surface area contributed by atoms with E-state index in [2.05, 4.69) is 11.8 Å². The topological polar surface area (TPSA) is 63.9 Å². The third kappa shape index (κ3) is 1.46. The van der Waals surface area contributed by atoms with Gasteiger partial charge in [-0.25, -0.2) is 0 Å². The van der Waals surface area contributed by atoms with Crippen molar-refractivity contribution >= 4 is 0 Å². The van der Waals surface area contributed by atoms with Gasteiger partial charge in [-0.05, 0) is 18.9 Å². The summed E-state index contributed by atoms with van der Waals surface area (Å²) >= 11 is 0. The second-order valence-electron chi connectivity index (χ2n) is 4.66. The van der Waals surface area contributed by atoms with Crippen molar-refractivity contribution in [2.24, 2.45) is 11.8 Å². The third-order valence-corrected chi connectivity index (χ3v) is 3.84. The largest absolute Gasteiger partial charge is 0.396 e. The number of hydrogen-bond donors (Lipinski definition) is 3. The van der Waals surface area contributed by atoms with E-state index >= 15 is 0 Å². The van der Waals surface area contributed by atoms with Crippen molar-refractivity contribution in [3.8, 4) is 0 Å². The van der Waals surface area contributed by atoms with E-state index in [-0.39, 0.29) is 18.6 Å². The normalized spacial score (nSPS) is 49.3. The minimum absolute atomic E-state index is 0.0428. The van der Waals surface area contributed by atoms with Gasteiger partial charge in [0.05, 0.1) is 12.2 Å². The molecule has 4 nitrogen and oxygen atoms in total. The quantitative estimate of drug-likeness (QED) is 0.511. The predicted octanol–water partition coefficient (Wildman–Crippen LogP) is -0.959. The molecular weight excluding hydrogens is 182 g/mol. The number of fused-ring (bicyclic) bond motifs is 1. The van der Waals surface area contributed by atoms with E-state index in [1.54, 1.807) is 0 Å². The molecule has 0 radical (unpaired) electrons. The molecule has 0 spiro atoms. The van der Waals surface area contributed by atoms with Crippen LogP contribution in [0.1, 0.15) is 13.3 Å². The molecule has 4 heteroatoms. The molecule has 0 bridgehead atoms. The maximum Gasteiger partial charge on any atom is 0.0970 e. The summed E-state index contributed by atoms with van der Waals surface area (Å²) in [6.45, 7) is 3.69. The molecular formula is C10H19NO3. The van der Waals surface area contributed by atoms with Gasteiger partial charge in [-0.3, -0.25) is 4.90 Å². The Morgan fingerprint density at radius 2 is 2.07 bits per heavy atom. The van der Waals surface area contributed by atoms with E-state index in [0.29, 0.717) is 12.5 Å². The van der Waals surface area contributed by atoms with E-state index in [1.807, 2.05) is 0 Å². The average molecular weight is 201 g/mol. The monoisotopic (exact) mass is 201 g/mol. The Hall–Kier alpha value is -0.160. The Balaban J connectivity index is 2.16. The molecule has 2 rings (SSSR count). The highest BCUT2D eigenvalue weighted by Gasteiger charge is 2.47. The Kier molecular flexibility index (Phi) is 2.79. The summed E-state index contributed by atoms with van der Waals surface area (Å²) in [6, 6.07) is -0.0428. The van der Waals surface area contributed by atoms with Crippen LogP contribution in [0.5, 0.6) is 0 Å². The number of hydrogen-bond acceptors (Lipinski definition) is 4. The van der Waals surface area contributed by atoms with Crippen LogP contribution in [0.25, 0.3) is 0 Å². The van der Waals surface area contributed by atoms with Crippen molar-refractivity contribution in [1.82, 2.24) is 4.90 Å². The first kappa shape index (κ1) is 10.4. The van der Waals surface area contributed by atoms with Crippen LogP contribution in [0, 0.1) is 11.8 Å². The molecule has 0 amide bonds. The standard InChI is InChI=1S/C10H19NO3/c1-6-2-3-11-4-8(13)10(14)9(11)7(6)5-12/h6-10,12-14H,2-5H2,1H3. The summed E-state index contributed by atoms with van der Waals surface area (Å²) in [5.74, 6) is 0.539. The summed E-state index contributed by atoms with van der Waals surface area (Å²) in [5, 5.41) is 28.7. The Morgan fingerprint density at radius 3 is 2.71 bits per heavy atom. The fourth-order valence-electron chi connectivity index (χ4n) is 2.89. The van der Waals surface area contributed by atoms with E-state index in [4.69, 9.17) is 0 Å². The van der Waals surface area contributed by atoms with E-state index < -0.39 is 12.2 Å². The molecule has 5 atom stereocenters. The molecule has 0 aromatic carbocycles. The maximum absolute atomic E-state index is 9.81. The molecule has 0 aliphatic carbocycles. The highest BCUT2D eigenvalue weighted by Crippen LogP contribution is 2.35. The van der Waals surface area contributed by atoms with Gasteiger partial charge in [0.25, 0.3) is 0 Å². The molecule has 3 N–H and O–H groups in total. The fourth-order valence-corrected chi connectivity index (χ4v) is 2.89. The Bertz CT molecular complexity index is 212. The van der Waals surface area contributed by atoms with Crippen molar-refractivity contribution in [2.45, 2.75) is 31.6 Å². The van der Waals surface area contributed by atoms with E-state index in [0.717, 1.165) is 13.0 Å². The van der Waals surface area contributed by atoms with Gasteiger partial charge >= 0.3 is 0 Å². The van der Waals surface area contributed by atoms with Crippen LogP contribution in [0.4, 0.5) is 0 Å². The highest BCUT2D eigenvalue weighted by molar-refractivity contribution is 5.00. The van der Waals surface area contributed by atoms with Crippen molar-refractivity contribution in [1.29, 1.82) is 0 Å². The predicted molar refractivity (Wildman–Crippen MR) is 51.7 cm³/mol. The number of aliphatic hydroxyl groups excluding tert-OH is 3. The van der Waals surface area contributed by atoms with Gasteiger partial charge in [-0.1, -0.05) is 6.92 Å². The number of nitrogens with zero attached hydrogens (tertiary/aromatic N) is 1. The lowest BCUT2D eigenvalue weighted by molar-refractivity contribution is -0.0201. The lowest BCUT2D eigenvalue weighted by Gasteiger charge is -2.40. The molecule has 2 fully saturated rings. The maximum atomic E-state index is 9.81. The van der Waals surface area contributed by atoms with Gasteiger partial charge in [0.15, 0.2) is 0 Å². The summed E-state index contributed by atoms with van der Waals surface area (Å²) in [7, 11) is 0. The fraction of sp³-hybridized carbons (Fsp3) is 1.00. The second kappa shape index (κ2) is 3.77. The molecule has 2 aliphatic heterocycles. The van der Waals surface area contributed by atoms with Crippen LogP contribution < -0.4 is 0 Å². The third-order valence-electron chi connectivity index (χ3n) is 3.84. The van der Waals surface area contributed by atoms with Crippen LogP contribution in [-0.2, 0) is 0 Å². The van der Waals surface area contributed by atoms with Crippen LogP contribution in [0.15, 0.2) is 0 Å². The van der Waals surface area contributed by atoms with E-state index in [1.165, 1.54) is 0 Å². The summed E-state index contributed by atoms with van der Waals surface area (Å²) in [6.07, 6.45) is -0.282. The van der Waals surface area contributed by atoms with Crippen molar-refractivity contribution < 1.29 is 15.3 Å². The molecule has 2 heterocycles. The Morgan fingerprint density at radius 1 is 1.36 bits per heavy atom. The summed E-state index contributed by atoms with van der Waals surface area (Å²) < 4.78 is 0. The average Bonchev–Trinajstić information content (AvgIpc) is 2.45. The number of aliphatic hydroxyl groups is 3. The lowest BCUT2D eigenvalue weighted by atomic mass is 9.80. The van der Waals surface area contributed by atoms with Gasteiger partial charge in [-0.15, -0.1) is 0 Å². The first-order valence-corrected chi connectivity index (χ1v) is 5.36.